The van der Waals surface area contributed by atoms with E-state index in [2.05, 4.69) is 24.5 Å². The second kappa shape index (κ2) is 9.84. The third-order valence-corrected chi connectivity index (χ3v) is 7.09. The van der Waals surface area contributed by atoms with E-state index >= 15 is 0 Å². The van der Waals surface area contributed by atoms with Crippen LogP contribution in [-0.2, 0) is 11.3 Å². The van der Waals surface area contributed by atoms with Gasteiger partial charge < -0.3 is 4.90 Å². The van der Waals surface area contributed by atoms with Crippen LogP contribution in [0.5, 0.6) is 0 Å². The van der Waals surface area contributed by atoms with E-state index in [9.17, 15) is 14.9 Å². The molecule has 1 aromatic rings. The maximum absolute atomic E-state index is 13.2. The molecule has 0 radical (unpaired) electrons. The van der Waals surface area contributed by atoms with E-state index in [1.807, 2.05) is 13.0 Å². The number of nitrogens with zero attached hydrogens (tertiary/aromatic N) is 4. The number of carbonyl (C=O) groups is 1. The molecule has 1 atom stereocenters. The van der Waals surface area contributed by atoms with Gasteiger partial charge in [0.05, 0.1) is 4.91 Å². The highest BCUT2D eigenvalue weighted by atomic mass is 32.2. The lowest BCUT2D eigenvalue weighted by Crippen LogP contribution is -2.40. The number of piperidine rings is 1. The van der Waals surface area contributed by atoms with E-state index in [0.29, 0.717) is 33.8 Å². The summed E-state index contributed by atoms with van der Waals surface area (Å²) in [6.07, 6.45) is 6.43. The molecule has 2 aliphatic rings. The van der Waals surface area contributed by atoms with Gasteiger partial charge in [0.25, 0.3) is 11.5 Å². The molecule has 31 heavy (non-hydrogen) atoms. The third kappa shape index (κ3) is 4.48. The smallest absolute Gasteiger partial charge is 0.270 e. The van der Waals surface area contributed by atoms with Gasteiger partial charge in [0.15, 0.2) is 0 Å². The Kier molecular flexibility index (Phi) is 7.39. The highest BCUT2D eigenvalue weighted by Gasteiger charge is 2.33. The number of thiocarbonyl (C=S) groups is 1. The van der Waals surface area contributed by atoms with Gasteiger partial charge in [0, 0.05) is 31.7 Å². The summed E-state index contributed by atoms with van der Waals surface area (Å²) in [5.41, 5.74) is 1.25. The molecule has 0 aromatic carbocycles. The van der Waals surface area contributed by atoms with Crippen molar-refractivity contribution in [1.82, 2.24) is 9.47 Å². The van der Waals surface area contributed by atoms with Crippen LogP contribution in [0.2, 0.25) is 0 Å². The van der Waals surface area contributed by atoms with Gasteiger partial charge in [-0.1, -0.05) is 43.9 Å². The van der Waals surface area contributed by atoms with Crippen LogP contribution in [0, 0.1) is 24.2 Å². The SMILES string of the molecule is C=CCN1C(=O)/C(=C/c2c(C)c(C#N)c(=O)n(CCC)c2N2CCCC(C)C2)SC1=S. The topological polar surface area (TPSA) is 69.3 Å². The van der Waals surface area contributed by atoms with Crippen LogP contribution in [0.3, 0.4) is 0 Å². The predicted octanol–water partition coefficient (Wildman–Crippen LogP) is 4.06. The van der Waals surface area contributed by atoms with Crippen LogP contribution in [0.15, 0.2) is 22.4 Å². The first kappa shape index (κ1) is 23.3. The summed E-state index contributed by atoms with van der Waals surface area (Å²) in [5, 5.41) is 9.72. The molecule has 8 heteroatoms. The van der Waals surface area contributed by atoms with Crippen molar-refractivity contribution < 1.29 is 4.79 Å². The lowest BCUT2D eigenvalue weighted by molar-refractivity contribution is -0.121. The number of hydrogen-bond acceptors (Lipinski definition) is 6. The molecule has 1 aromatic heterocycles. The minimum absolute atomic E-state index is 0.134. The van der Waals surface area contributed by atoms with Gasteiger partial charge in [-0.05, 0) is 43.7 Å². The average molecular weight is 457 g/mol. The van der Waals surface area contributed by atoms with Gasteiger partial charge in [0.2, 0.25) is 0 Å². The van der Waals surface area contributed by atoms with Crippen LogP contribution in [0.4, 0.5) is 5.82 Å². The van der Waals surface area contributed by atoms with Gasteiger partial charge in [0.1, 0.15) is 21.8 Å². The van der Waals surface area contributed by atoms with E-state index in [1.54, 1.807) is 17.6 Å². The number of thioether (sulfide) groups is 1. The number of nitriles is 1. The molecule has 2 fully saturated rings. The molecule has 6 nitrogen and oxygen atoms in total. The summed E-state index contributed by atoms with van der Waals surface area (Å²) < 4.78 is 2.21. The summed E-state index contributed by atoms with van der Waals surface area (Å²) >= 11 is 6.63. The standard InChI is InChI=1S/C23H28N4O2S2/c1-5-9-26-20(25-11-7-8-15(3)14-25)17(16(4)18(13-24)21(26)28)12-19-22(29)27(10-6-2)23(30)31-19/h6,12,15H,2,5,7-11,14H2,1,3-4H3/b19-12-. The van der Waals surface area contributed by atoms with E-state index < -0.39 is 0 Å². The Balaban J connectivity index is 2.25. The minimum Gasteiger partial charge on any atom is -0.357 e. The highest BCUT2D eigenvalue weighted by molar-refractivity contribution is 8.26. The zero-order valence-corrected chi connectivity index (χ0v) is 19.9. The fourth-order valence-corrected chi connectivity index (χ4v) is 5.47. The Morgan fingerprint density at radius 2 is 2.13 bits per heavy atom. The van der Waals surface area contributed by atoms with Crippen LogP contribution in [-0.4, -0.2) is 39.3 Å². The monoisotopic (exact) mass is 456 g/mol. The summed E-state index contributed by atoms with van der Waals surface area (Å²) in [6, 6.07) is 2.09. The molecular weight excluding hydrogens is 428 g/mol. The van der Waals surface area contributed by atoms with Crippen molar-refractivity contribution in [3.05, 3.63) is 44.6 Å². The maximum Gasteiger partial charge on any atom is 0.270 e. The zero-order valence-electron chi connectivity index (χ0n) is 18.3. The second-order valence-electron chi connectivity index (χ2n) is 8.08. The van der Waals surface area contributed by atoms with Crippen molar-refractivity contribution >= 4 is 46.1 Å². The predicted molar refractivity (Wildman–Crippen MR) is 131 cm³/mol. The van der Waals surface area contributed by atoms with Crippen molar-refractivity contribution in [2.75, 3.05) is 24.5 Å². The first-order valence-electron chi connectivity index (χ1n) is 10.6. The van der Waals surface area contributed by atoms with E-state index in [0.717, 1.165) is 43.7 Å². The molecule has 2 saturated heterocycles. The normalized spacial score (nSPS) is 20.5. The van der Waals surface area contributed by atoms with Crippen LogP contribution in [0.25, 0.3) is 6.08 Å². The lowest BCUT2D eigenvalue weighted by Gasteiger charge is -2.36. The summed E-state index contributed by atoms with van der Waals surface area (Å²) in [5.74, 6) is 1.15. The van der Waals surface area contributed by atoms with Crippen molar-refractivity contribution in [2.45, 2.75) is 46.6 Å². The fourth-order valence-electron chi connectivity index (χ4n) is 4.22. The molecule has 0 aliphatic carbocycles. The first-order valence-corrected chi connectivity index (χ1v) is 11.8. The van der Waals surface area contributed by atoms with Gasteiger partial charge in [-0.15, -0.1) is 6.58 Å². The lowest BCUT2D eigenvalue weighted by atomic mass is 9.98. The van der Waals surface area contributed by atoms with Crippen molar-refractivity contribution in [1.29, 1.82) is 5.26 Å². The number of amides is 1. The Bertz CT molecular complexity index is 1050. The van der Waals surface area contributed by atoms with Crippen LogP contribution < -0.4 is 10.5 Å². The van der Waals surface area contributed by atoms with E-state index in [4.69, 9.17) is 12.2 Å². The van der Waals surface area contributed by atoms with Crippen molar-refractivity contribution in [3.63, 3.8) is 0 Å². The van der Waals surface area contributed by atoms with Crippen LogP contribution in [0.1, 0.15) is 49.8 Å². The first-order chi connectivity index (χ1) is 14.8. The number of hydrogen-bond donors (Lipinski definition) is 0. The van der Waals surface area contributed by atoms with Gasteiger partial charge >= 0.3 is 0 Å². The highest BCUT2D eigenvalue weighted by Crippen LogP contribution is 2.36. The molecule has 1 unspecified atom stereocenters. The molecule has 0 N–H and O–H groups in total. The fraction of sp³-hybridized carbons (Fsp3) is 0.478. The zero-order chi connectivity index (χ0) is 22.7. The molecule has 164 valence electrons. The van der Waals surface area contributed by atoms with Crippen molar-refractivity contribution in [2.24, 2.45) is 5.92 Å². The Hall–Kier alpha value is -2.37. The number of aromatic nitrogens is 1. The molecule has 0 saturated carbocycles. The van der Waals surface area contributed by atoms with E-state index in [-0.39, 0.29) is 17.0 Å². The van der Waals surface area contributed by atoms with Gasteiger partial charge in [-0.25, -0.2) is 0 Å². The number of anilines is 1. The molecule has 3 heterocycles. The summed E-state index contributed by atoms with van der Waals surface area (Å²) in [7, 11) is 0. The van der Waals surface area contributed by atoms with E-state index in [1.165, 1.54) is 16.7 Å². The number of carbonyl (C=O) groups excluding carboxylic acids is 1. The Morgan fingerprint density at radius 1 is 1.39 bits per heavy atom. The maximum atomic E-state index is 13.2. The number of rotatable bonds is 6. The van der Waals surface area contributed by atoms with Gasteiger partial charge in [-0.3, -0.25) is 19.1 Å². The molecule has 0 spiro atoms. The quantitative estimate of drug-likeness (QED) is 0.365. The van der Waals surface area contributed by atoms with Crippen molar-refractivity contribution in [3.8, 4) is 6.07 Å². The Morgan fingerprint density at radius 3 is 2.74 bits per heavy atom. The molecule has 1 amide bonds. The molecule has 3 rings (SSSR count). The Labute approximate surface area is 193 Å². The third-order valence-electron chi connectivity index (χ3n) is 5.71. The van der Waals surface area contributed by atoms with Gasteiger partial charge in [-0.2, -0.15) is 5.26 Å². The van der Waals surface area contributed by atoms with Crippen LogP contribution >= 0.6 is 24.0 Å². The molecular formula is C23H28N4O2S2. The number of pyridine rings is 1. The second-order valence-corrected chi connectivity index (χ2v) is 9.76. The average Bonchev–Trinajstić information content (AvgIpc) is 3.00. The summed E-state index contributed by atoms with van der Waals surface area (Å²) in [6.45, 7) is 12.3. The molecule has 2 aliphatic heterocycles. The minimum atomic E-state index is -0.258. The largest absolute Gasteiger partial charge is 0.357 e. The molecule has 0 bridgehead atoms. The summed E-state index contributed by atoms with van der Waals surface area (Å²) in [4.78, 5) is 30.4.